The fourth-order valence-corrected chi connectivity index (χ4v) is 3.23. The Morgan fingerprint density at radius 1 is 1.06 bits per heavy atom. The molecule has 0 saturated carbocycles. The summed E-state index contributed by atoms with van der Waals surface area (Å²) in [5, 5.41) is 9.28. The second kappa shape index (κ2) is 11.5. The van der Waals surface area contributed by atoms with Crippen LogP contribution in [0.15, 0.2) is 42.9 Å². The van der Waals surface area contributed by atoms with Crippen LogP contribution in [0, 0.1) is 5.92 Å². The Morgan fingerprint density at radius 3 is 2.37 bits per heavy atom. The lowest BCUT2D eigenvalue weighted by Crippen LogP contribution is -2.29. The highest BCUT2D eigenvalue weighted by Gasteiger charge is 2.32. The van der Waals surface area contributed by atoms with E-state index in [0.717, 1.165) is 18.2 Å². The minimum Gasteiger partial charge on any atom is -0.352 e. The van der Waals surface area contributed by atoms with Gasteiger partial charge in [-0.1, -0.05) is 25.4 Å². The fraction of sp³-hybridized carbons (Fsp3) is 0.318. The third-order valence-corrected chi connectivity index (χ3v) is 4.91. The van der Waals surface area contributed by atoms with E-state index in [2.05, 4.69) is 25.7 Å². The summed E-state index contributed by atoms with van der Waals surface area (Å²) in [5.74, 6) is -0.0864. The Balaban J connectivity index is 0.00000432. The van der Waals surface area contributed by atoms with Crippen molar-refractivity contribution in [3.8, 4) is 5.82 Å². The molecule has 0 aliphatic carbocycles. The smallest absolute Gasteiger partial charge is 0.352 e. The zero-order valence-electron chi connectivity index (χ0n) is 19.0. The van der Waals surface area contributed by atoms with E-state index in [1.807, 2.05) is 13.8 Å². The first-order valence-electron chi connectivity index (χ1n) is 10.3. The number of alkyl halides is 3. The third-order valence-electron chi connectivity index (χ3n) is 4.69. The molecular weight excluding hydrogens is 505 g/mol. The average Bonchev–Trinajstić information content (AvgIpc) is 3.26. The number of pyridine rings is 1. The highest BCUT2D eigenvalue weighted by Crippen LogP contribution is 2.32. The molecule has 2 amide bonds. The van der Waals surface area contributed by atoms with Crippen molar-refractivity contribution in [1.82, 2.24) is 30.4 Å². The van der Waals surface area contributed by atoms with Gasteiger partial charge in [-0.15, -0.1) is 0 Å². The topological polar surface area (TPSA) is 102 Å². The van der Waals surface area contributed by atoms with E-state index in [9.17, 15) is 22.8 Å². The summed E-state index contributed by atoms with van der Waals surface area (Å²) in [4.78, 5) is 33.2. The summed E-state index contributed by atoms with van der Waals surface area (Å²) in [6.45, 7) is 6.09. The van der Waals surface area contributed by atoms with E-state index in [4.69, 9.17) is 11.6 Å². The SMILES string of the molecule is CC(C)CNC(=O)c1ccc(-n2ncnc2[C@H](C)NC(=O)c2cc(Cl)cc(C(F)(F)F)c2)nc1.S. The molecule has 0 bridgehead atoms. The van der Waals surface area contributed by atoms with Gasteiger partial charge in [-0.05, 0) is 43.2 Å². The first-order valence-corrected chi connectivity index (χ1v) is 10.7. The Morgan fingerprint density at radius 2 is 1.77 bits per heavy atom. The van der Waals surface area contributed by atoms with E-state index in [1.165, 1.54) is 17.2 Å². The van der Waals surface area contributed by atoms with Crippen molar-refractivity contribution in [1.29, 1.82) is 0 Å². The van der Waals surface area contributed by atoms with E-state index >= 15 is 0 Å². The van der Waals surface area contributed by atoms with Crippen molar-refractivity contribution in [2.75, 3.05) is 6.54 Å². The fourth-order valence-electron chi connectivity index (χ4n) is 3.00. The molecule has 0 saturated heterocycles. The largest absolute Gasteiger partial charge is 0.416 e. The first-order chi connectivity index (χ1) is 16.0. The van der Waals surface area contributed by atoms with Gasteiger partial charge in [0.15, 0.2) is 11.6 Å². The van der Waals surface area contributed by atoms with Gasteiger partial charge in [0.1, 0.15) is 6.33 Å². The number of benzene rings is 1. The molecule has 13 heteroatoms. The monoisotopic (exact) mass is 528 g/mol. The number of carbonyl (C=O) groups excluding carboxylic acids is 2. The maximum atomic E-state index is 13.1. The van der Waals surface area contributed by atoms with Crippen molar-refractivity contribution >= 4 is 36.9 Å². The molecule has 3 rings (SSSR count). The minimum atomic E-state index is -4.64. The lowest BCUT2D eigenvalue weighted by molar-refractivity contribution is -0.137. The lowest BCUT2D eigenvalue weighted by Gasteiger charge is -2.15. The van der Waals surface area contributed by atoms with Crippen molar-refractivity contribution in [3.05, 3.63) is 70.4 Å². The number of amides is 2. The number of hydrogen-bond acceptors (Lipinski definition) is 5. The predicted molar refractivity (Wildman–Crippen MR) is 129 cm³/mol. The molecule has 0 radical (unpaired) electrons. The van der Waals surface area contributed by atoms with Gasteiger partial charge in [-0.3, -0.25) is 9.59 Å². The van der Waals surface area contributed by atoms with Crippen molar-refractivity contribution in [2.45, 2.75) is 33.0 Å². The summed E-state index contributed by atoms with van der Waals surface area (Å²) >= 11 is 5.77. The van der Waals surface area contributed by atoms with Gasteiger partial charge in [-0.2, -0.15) is 36.4 Å². The van der Waals surface area contributed by atoms with Gasteiger partial charge in [-0.25, -0.2) is 9.97 Å². The van der Waals surface area contributed by atoms with Crippen LogP contribution in [0.2, 0.25) is 5.02 Å². The van der Waals surface area contributed by atoms with Crippen LogP contribution in [-0.4, -0.2) is 38.1 Å². The molecule has 2 N–H and O–H groups in total. The molecule has 0 aliphatic heterocycles. The average molecular weight is 529 g/mol. The van der Waals surface area contributed by atoms with Gasteiger partial charge < -0.3 is 10.6 Å². The summed E-state index contributed by atoms with van der Waals surface area (Å²) in [5.41, 5.74) is -0.899. The molecule has 35 heavy (non-hydrogen) atoms. The number of nitrogens with one attached hydrogen (secondary N) is 2. The Hall–Kier alpha value is -3.12. The summed E-state index contributed by atoms with van der Waals surface area (Å²) in [7, 11) is 0. The normalized spacial score (nSPS) is 12.1. The number of hydrogen-bond donors (Lipinski definition) is 2. The van der Waals surface area contributed by atoms with Gasteiger partial charge in [0, 0.05) is 23.3 Å². The lowest BCUT2D eigenvalue weighted by atomic mass is 10.1. The molecule has 2 aromatic heterocycles. The number of rotatable bonds is 7. The van der Waals surface area contributed by atoms with Crippen molar-refractivity contribution < 1.29 is 22.8 Å². The molecule has 3 aromatic rings. The molecule has 1 aromatic carbocycles. The van der Waals surface area contributed by atoms with E-state index in [1.54, 1.807) is 19.1 Å². The quantitative estimate of drug-likeness (QED) is 0.475. The maximum Gasteiger partial charge on any atom is 0.416 e. The molecule has 0 unspecified atom stereocenters. The van der Waals surface area contributed by atoms with Gasteiger partial charge in [0.05, 0.1) is 17.2 Å². The number of carbonyl (C=O) groups is 2. The van der Waals surface area contributed by atoms with Crippen LogP contribution in [0.1, 0.15) is 58.9 Å². The van der Waals surface area contributed by atoms with E-state index in [0.29, 0.717) is 23.8 Å². The van der Waals surface area contributed by atoms with Gasteiger partial charge in [0.25, 0.3) is 11.8 Å². The molecule has 2 heterocycles. The summed E-state index contributed by atoms with van der Waals surface area (Å²) in [6.07, 6.45) is -2.00. The molecule has 0 fully saturated rings. The van der Waals surface area contributed by atoms with Gasteiger partial charge in [0.2, 0.25) is 0 Å². The minimum absolute atomic E-state index is 0. The first kappa shape index (κ1) is 28.1. The molecule has 1 atom stereocenters. The third kappa shape index (κ3) is 7.18. The van der Waals surface area contributed by atoms with Crippen LogP contribution >= 0.6 is 25.1 Å². The Bertz CT molecular complexity index is 1180. The number of halogens is 4. The standard InChI is InChI=1S/C22H22ClF3N6O2.H2S/c1-12(2)9-28-20(33)14-4-5-18(27-10-14)32-19(29-11-30-32)13(3)31-21(34)15-6-16(22(24,25)26)8-17(23)7-15;/h4-8,10-13H,9H2,1-3H3,(H,28,33)(H,31,34);1H2/t13-;/m0./s1. The Labute approximate surface area is 211 Å². The highest BCUT2D eigenvalue weighted by atomic mass is 35.5. The predicted octanol–water partition coefficient (Wildman–Crippen LogP) is 4.32. The zero-order valence-corrected chi connectivity index (χ0v) is 20.8. The molecule has 0 spiro atoms. The van der Waals surface area contributed by atoms with Crippen LogP contribution < -0.4 is 10.6 Å². The molecule has 8 nitrogen and oxygen atoms in total. The van der Waals surface area contributed by atoms with Crippen molar-refractivity contribution in [3.63, 3.8) is 0 Å². The summed E-state index contributed by atoms with van der Waals surface area (Å²) < 4.78 is 40.5. The second-order valence-corrected chi connectivity index (χ2v) is 8.40. The number of aromatic nitrogens is 4. The maximum absolute atomic E-state index is 13.1. The molecular formula is C22H24ClF3N6O2S. The van der Waals surface area contributed by atoms with Crippen LogP contribution in [0.25, 0.3) is 5.82 Å². The van der Waals surface area contributed by atoms with Crippen LogP contribution in [0.4, 0.5) is 13.2 Å². The summed E-state index contributed by atoms with van der Waals surface area (Å²) in [6, 6.07) is 5.04. The highest BCUT2D eigenvalue weighted by molar-refractivity contribution is 7.59. The Kier molecular flexibility index (Phi) is 9.27. The zero-order chi connectivity index (χ0) is 25.0. The van der Waals surface area contributed by atoms with Crippen LogP contribution in [-0.2, 0) is 6.18 Å². The van der Waals surface area contributed by atoms with E-state index < -0.39 is 23.7 Å². The molecule has 188 valence electrons. The van der Waals surface area contributed by atoms with Gasteiger partial charge >= 0.3 is 6.18 Å². The second-order valence-electron chi connectivity index (χ2n) is 7.96. The molecule has 0 aliphatic rings. The van der Waals surface area contributed by atoms with Crippen molar-refractivity contribution in [2.24, 2.45) is 5.92 Å². The van der Waals surface area contributed by atoms with Crippen LogP contribution in [0.3, 0.4) is 0 Å². The number of nitrogens with zero attached hydrogens (tertiary/aromatic N) is 4. The van der Waals surface area contributed by atoms with Crippen LogP contribution in [0.5, 0.6) is 0 Å². The van der Waals surface area contributed by atoms with E-state index in [-0.39, 0.29) is 35.8 Å².